The van der Waals surface area contributed by atoms with Gasteiger partial charge in [-0.05, 0) is 44.1 Å². The molecular weight excluding hydrogens is 245 g/mol. The molecule has 1 heterocycles. The van der Waals surface area contributed by atoms with Crippen LogP contribution in [0.5, 0.6) is 0 Å². The van der Waals surface area contributed by atoms with Gasteiger partial charge in [-0.15, -0.1) is 0 Å². The van der Waals surface area contributed by atoms with Gasteiger partial charge in [0.1, 0.15) is 6.67 Å². The molecule has 1 aromatic carbocycles. The third-order valence-corrected chi connectivity index (χ3v) is 4.05. The summed E-state index contributed by atoms with van der Waals surface area (Å²) in [5.41, 5.74) is 0.870. The fourth-order valence-electron chi connectivity index (χ4n) is 2.76. The van der Waals surface area contributed by atoms with E-state index in [2.05, 4.69) is 4.90 Å². The average Bonchev–Trinajstić information content (AvgIpc) is 2.47. The Balaban J connectivity index is 2.39. The highest BCUT2D eigenvalue weighted by Crippen LogP contribution is 2.36. The second-order valence-corrected chi connectivity index (χ2v) is 5.21. The molecule has 0 amide bonds. The molecule has 0 atom stereocenters. The van der Waals surface area contributed by atoms with Crippen molar-refractivity contribution in [2.24, 2.45) is 0 Å². The van der Waals surface area contributed by atoms with Gasteiger partial charge in [-0.3, -0.25) is 4.79 Å². The number of hydrogen-bond acceptors (Lipinski definition) is 3. The van der Waals surface area contributed by atoms with E-state index in [1.54, 1.807) is 12.1 Å². The number of hydrogen-bond donors (Lipinski definition) is 0. The van der Waals surface area contributed by atoms with E-state index in [1.165, 1.54) is 7.11 Å². The van der Waals surface area contributed by atoms with Crippen molar-refractivity contribution in [2.75, 3.05) is 27.2 Å². The number of rotatable bonds is 3. The SMILES string of the molecule is COC(=O)C1(c2cccc(CF)c2)CCN(C)CC1. The van der Waals surface area contributed by atoms with Crippen LogP contribution in [0.3, 0.4) is 0 Å². The third kappa shape index (κ3) is 2.63. The number of carbonyl (C=O) groups excluding carboxylic acids is 1. The van der Waals surface area contributed by atoms with E-state index in [4.69, 9.17) is 4.74 Å². The Morgan fingerprint density at radius 2 is 2.11 bits per heavy atom. The first kappa shape index (κ1) is 14.0. The van der Waals surface area contributed by atoms with Crippen molar-refractivity contribution in [1.29, 1.82) is 0 Å². The zero-order valence-corrected chi connectivity index (χ0v) is 11.5. The topological polar surface area (TPSA) is 29.5 Å². The molecule has 1 aliphatic heterocycles. The van der Waals surface area contributed by atoms with Gasteiger partial charge in [0.15, 0.2) is 0 Å². The van der Waals surface area contributed by atoms with E-state index in [-0.39, 0.29) is 5.97 Å². The van der Waals surface area contributed by atoms with Crippen molar-refractivity contribution in [1.82, 2.24) is 4.90 Å². The van der Waals surface area contributed by atoms with Gasteiger partial charge in [0.2, 0.25) is 0 Å². The summed E-state index contributed by atoms with van der Waals surface area (Å²) in [5, 5.41) is 0. The number of benzene rings is 1. The Bertz CT molecular complexity index is 453. The predicted molar refractivity (Wildman–Crippen MR) is 71.7 cm³/mol. The minimum atomic E-state index is -0.619. The van der Waals surface area contributed by atoms with Gasteiger partial charge in [0, 0.05) is 0 Å². The molecule has 0 bridgehead atoms. The van der Waals surface area contributed by atoms with Crippen molar-refractivity contribution in [3.8, 4) is 0 Å². The molecule has 19 heavy (non-hydrogen) atoms. The summed E-state index contributed by atoms with van der Waals surface area (Å²) in [4.78, 5) is 14.5. The lowest BCUT2D eigenvalue weighted by atomic mass is 9.72. The summed E-state index contributed by atoms with van der Waals surface area (Å²) in [6.45, 7) is 1.18. The standard InChI is InChI=1S/C15H20FNO2/c1-17-8-6-15(7-9-17,14(18)19-2)13-5-3-4-12(10-13)11-16/h3-5,10H,6-9,11H2,1-2H3. The number of methoxy groups -OCH3 is 1. The molecular formula is C15H20FNO2. The van der Waals surface area contributed by atoms with Crippen molar-refractivity contribution in [2.45, 2.75) is 24.9 Å². The van der Waals surface area contributed by atoms with Crippen LogP contribution in [0.25, 0.3) is 0 Å². The number of esters is 1. The summed E-state index contributed by atoms with van der Waals surface area (Å²) in [5.74, 6) is -0.211. The van der Waals surface area contributed by atoms with Crippen LogP contribution in [0, 0.1) is 0 Å². The molecule has 1 fully saturated rings. The molecule has 2 rings (SSSR count). The molecule has 1 saturated heterocycles. The number of ether oxygens (including phenoxy) is 1. The van der Waals surface area contributed by atoms with Crippen LogP contribution in [0.15, 0.2) is 24.3 Å². The van der Waals surface area contributed by atoms with Crippen molar-refractivity contribution >= 4 is 5.97 Å². The third-order valence-electron chi connectivity index (χ3n) is 4.05. The first-order valence-corrected chi connectivity index (χ1v) is 6.55. The van der Waals surface area contributed by atoms with Gasteiger partial charge in [0.05, 0.1) is 12.5 Å². The van der Waals surface area contributed by atoms with Crippen LogP contribution >= 0.6 is 0 Å². The number of nitrogens with zero attached hydrogens (tertiary/aromatic N) is 1. The number of piperidine rings is 1. The summed E-state index contributed by atoms with van der Waals surface area (Å²) in [6, 6.07) is 7.25. The number of halogens is 1. The van der Waals surface area contributed by atoms with Crippen LogP contribution in [-0.4, -0.2) is 38.1 Å². The van der Waals surface area contributed by atoms with E-state index in [1.807, 2.05) is 19.2 Å². The summed E-state index contributed by atoms with van der Waals surface area (Å²) < 4.78 is 17.8. The molecule has 0 aromatic heterocycles. The second-order valence-electron chi connectivity index (χ2n) is 5.21. The van der Waals surface area contributed by atoms with Crippen LogP contribution < -0.4 is 0 Å². The Kier molecular flexibility index (Phi) is 4.20. The minimum absolute atomic E-state index is 0.211. The Morgan fingerprint density at radius 3 is 2.68 bits per heavy atom. The number of alkyl halides is 1. The Morgan fingerprint density at radius 1 is 1.42 bits per heavy atom. The molecule has 0 N–H and O–H groups in total. The van der Waals surface area contributed by atoms with Gasteiger partial charge < -0.3 is 9.64 Å². The molecule has 1 aromatic rings. The lowest BCUT2D eigenvalue weighted by Crippen LogP contribution is -2.46. The molecule has 0 radical (unpaired) electrons. The van der Waals surface area contributed by atoms with Gasteiger partial charge in [-0.25, -0.2) is 4.39 Å². The van der Waals surface area contributed by atoms with Crippen molar-refractivity contribution in [3.63, 3.8) is 0 Å². The van der Waals surface area contributed by atoms with Crippen LogP contribution in [0.4, 0.5) is 4.39 Å². The summed E-state index contributed by atoms with van der Waals surface area (Å²) >= 11 is 0. The normalized spacial score (nSPS) is 19.1. The molecule has 4 heteroatoms. The van der Waals surface area contributed by atoms with Crippen molar-refractivity contribution in [3.05, 3.63) is 35.4 Å². The maximum atomic E-state index is 12.8. The van der Waals surface area contributed by atoms with Crippen molar-refractivity contribution < 1.29 is 13.9 Å². The second kappa shape index (κ2) is 5.70. The molecule has 104 valence electrons. The largest absolute Gasteiger partial charge is 0.468 e. The highest BCUT2D eigenvalue weighted by molar-refractivity contribution is 5.83. The first-order valence-electron chi connectivity index (χ1n) is 6.55. The minimum Gasteiger partial charge on any atom is -0.468 e. The van der Waals surface area contributed by atoms with E-state index >= 15 is 0 Å². The Hall–Kier alpha value is -1.42. The average molecular weight is 265 g/mol. The quantitative estimate of drug-likeness (QED) is 0.785. The molecule has 0 saturated carbocycles. The number of carbonyl (C=O) groups is 1. The van der Waals surface area contributed by atoms with E-state index in [0.29, 0.717) is 18.4 Å². The van der Waals surface area contributed by atoms with E-state index in [9.17, 15) is 9.18 Å². The molecule has 1 aliphatic rings. The zero-order valence-electron chi connectivity index (χ0n) is 11.5. The lowest BCUT2D eigenvalue weighted by molar-refractivity contribution is -0.149. The first-order chi connectivity index (χ1) is 9.12. The molecule has 0 unspecified atom stereocenters. The fraction of sp³-hybridized carbons (Fsp3) is 0.533. The highest BCUT2D eigenvalue weighted by atomic mass is 19.1. The maximum absolute atomic E-state index is 12.8. The van der Waals surface area contributed by atoms with Gasteiger partial charge in [0.25, 0.3) is 0 Å². The Labute approximate surface area is 113 Å². The molecule has 0 spiro atoms. The van der Waals surface area contributed by atoms with Crippen LogP contribution in [0.2, 0.25) is 0 Å². The highest BCUT2D eigenvalue weighted by Gasteiger charge is 2.43. The van der Waals surface area contributed by atoms with E-state index in [0.717, 1.165) is 18.7 Å². The molecule has 3 nitrogen and oxygen atoms in total. The van der Waals surface area contributed by atoms with Crippen LogP contribution in [0.1, 0.15) is 24.0 Å². The summed E-state index contributed by atoms with van der Waals surface area (Å²) in [7, 11) is 3.46. The van der Waals surface area contributed by atoms with Crippen LogP contribution in [-0.2, 0) is 21.6 Å². The van der Waals surface area contributed by atoms with Gasteiger partial charge in [-0.1, -0.05) is 24.3 Å². The smallest absolute Gasteiger partial charge is 0.316 e. The fourth-order valence-corrected chi connectivity index (χ4v) is 2.76. The zero-order chi connectivity index (χ0) is 13.9. The van der Waals surface area contributed by atoms with Gasteiger partial charge >= 0.3 is 5.97 Å². The van der Waals surface area contributed by atoms with Gasteiger partial charge in [-0.2, -0.15) is 0 Å². The van der Waals surface area contributed by atoms with E-state index < -0.39 is 12.1 Å². The summed E-state index contributed by atoms with van der Waals surface area (Å²) in [6.07, 6.45) is 1.43. The number of likely N-dealkylation sites (tertiary alicyclic amines) is 1. The lowest BCUT2D eigenvalue weighted by Gasteiger charge is -2.38. The maximum Gasteiger partial charge on any atom is 0.316 e. The molecule has 0 aliphatic carbocycles. The monoisotopic (exact) mass is 265 g/mol. The predicted octanol–water partition coefficient (Wildman–Crippen LogP) is 2.29.